The van der Waals surface area contributed by atoms with Crippen molar-refractivity contribution >= 4 is 23.4 Å². The predicted molar refractivity (Wildman–Crippen MR) is 110 cm³/mol. The highest BCUT2D eigenvalue weighted by molar-refractivity contribution is 6.10. The lowest BCUT2D eigenvalue weighted by Gasteiger charge is -2.36. The Labute approximate surface area is 170 Å². The van der Waals surface area contributed by atoms with Crippen molar-refractivity contribution in [3.05, 3.63) is 66.2 Å². The lowest BCUT2D eigenvalue weighted by molar-refractivity contribution is -0.146. The maximum Gasteiger partial charge on any atom is 0.242 e. The van der Waals surface area contributed by atoms with Crippen LogP contribution in [0.2, 0.25) is 0 Å². The molecule has 0 saturated carbocycles. The third-order valence-electron chi connectivity index (χ3n) is 5.98. The van der Waals surface area contributed by atoms with Gasteiger partial charge in [-0.3, -0.25) is 19.3 Å². The van der Waals surface area contributed by atoms with Crippen LogP contribution in [0.5, 0.6) is 0 Å². The van der Waals surface area contributed by atoms with Gasteiger partial charge in [-0.1, -0.05) is 48.5 Å². The van der Waals surface area contributed by atoms with Crippen molar-refractivity contribution in [1.29, 1.82) is 0 Å². The number of benzene rings is 2. The molecule has 2 saturated heterocycles. The molecule has 6 heteroatoms. The van der Waals surface area contributed by atoms with Crippen LogP contribution in [0.15, 0.2) is 60.7 Å². The van der Waals surface area contributed by atoms with Gasteiger partial charge in [-0.05, 0) is 24.6 Å². The Morgan fingerprint density at radius 1 is 0.897 bits per heavy atom. The number of para-hydroxylation sites is 1. The maximum atomic E-state index is 13.0. The SMILES string of the molecule is CC1(c2ccccc2)CC(=O)N(CC(=O)N2CCN(c3ccccc3)CC2)C1=O. The van der Waals surface area contributed by atoms with Gasteiger partial charge in [0, 0.05) is 38.3 Å². The van der Waals surface area contributed by atoms with Gasteiger partial charge < -0.3 is 9.80 Å². The monoisotopic (exact) mass is 391 g/mol. The molecule has 2 aromatic rings. The Hall–Kier alpha value is -3.15. The molecule has 3 amide bonds. The number of piperazine rings is 1. The van der Waals surface area contributed by atoms with Gasteiger partial charge in [0.25, 0.3) is 0 Å². The number of hydrogen-bond acceptors (Lipinski definition) is 4. The van der Waals surface area contributed by atoms with E-state index in [2.05, 4.69) is 17.0 Å². The number of amides is 3. The van der Waals surface area contributed by atoms with Gasteiger partial charge in [0.1, 0.15) is 6.54 Å². The van der Waals surface area contributed by atoms with E-state index in [1.54, 1.807) is 11.8 Å². The second kappa shape index (κ2) is 7.70. The first-order valence-electron chi connectivity index (χ1n) is 9.97. The molecule has 0 aliphatic carbocycles. The summed E-state index contributed by atoms with van der Waals surface area (Å²) in [5.74, 6) is -0.737. The van der Waals surface area contributed by atoms with Crippen LogP contribution in [0.25, 0.3) is 0 Å². The smallest absolute Gasteiger partial charge is 0.242 e. The minimum absolute atomic E-state index is 0.102. The zero-order chi connectivity index (χ0) is 20.4. The second-order valence-electron chi connectivity index (χ2n) is 7.86. The molecule has 0 bridgehead atoms. The highest BCUT2D eigenvalue weighted by atomic mass is 16.2. The molecule has 2 aliphatic heterocycles. The first kappa shape index (κ1) is 19.2. The number of likely N-dealkylation sites (tertiary alicyclic amines) is 1. The quantitative estimate of drug-likeness (QED) is 0.749. The first-order chi connectivity index (χ1) is 14.0. The topological polar surface area (TPSA) is 60.9 Å². The van der Waals surface area contributed by atoms with Crippen LogP contribution in [0.4, 0.5) is 5.69 Å². The normalized spacial score (nSPS) is 22.3. The highest BCUT2D eigenvalue weighted by Crippen LogP contribution is 2.36. The van der Waals surface area contributed by atoms with E-state index >= 15 is 0 Å². The lowest BCUT2D eigenvalue weighted by Crippen LogP contribution is -2.52. The van der Waals surface area contributed by atoms with Gasteiger partial charge in [0.2, 0.25) is 17.7 Å². The number of carbonyl (C=O) groups is 3. The van der Waals surface area contributed by atoms with Crippen LogP contribution in [0.1, 0.15) is 18.9 Å². The molecule has 2 fully saturated rings. The van der Waals surface area contributed by atoms with Gasteiger partial charge in [-0.2, -0.15) is 0 Å². The van der Waals surface area contributed by atoms with Crippen LogP contribution < -0.4 is 4.90 Å². The van der Waals surface area contributed by atoms with E-state index in [0.29, 0.717) is 13.1 Å². The molecule has 0 radical (unpaired) electrons. The molecule has 1 unspecified atom stereocenters. The van der Waals surface area contributed by atoms with Crippen LogP contribution in [0.3, 0.4) is 0 Å². The van der Waals surface area contributed by atoms with E-state index < -0.39 is 5.41 Å². The molecule has 0 aromatic heterocycles. The summed E-state index contributed by atoms with van der Waals surface area (Å²) in [5, 5.41) is 0. The summed E-state index contributed by atoms with van der Waals surface area (Å²) < 4.78 is 0. The molecule has 2 heterocycles. The minimum atomic E-state index is -0.898. The van der Waals surface area contributed by atoms with Crippen molar-refractivity contribution in [2.24, 2.45) is 0 Å². The predicted octanol–water partition coefficient (Wildman–Crippen LogP) is 2.05. The number of rotatable bonds is 4. The first-order valence-corrected chi connectivity index (χ1v) is 9.97. The van der Waals surface area contributed by atoms with Crippen LogP contribution in [-0.4, -0.2) is 60.2 Å². The third kappa shape index (κ3) is 3.62. The summed E-state index contributed by atoms with van der Waals surface area (Å²) in [6.45, 7) is 4.25. The number of carbonyl (C=O) groups excluding carboxylic acids is 3. The molecule has 29 heavy (non-hydrogen) atoms. The second-order valence-corrected chi connectivity index (χ2v) is 7.86. The van der Waals surface area contributed by atoms with E-state index in [0.717, 1.165) is 29.2 Å². The van der Waals surface area contributed by atoms with Gasteiger partial charge >= 0.3 is 0 Å². The summed E-state index contributed by atoms with van der Waals surface area (Å²) in [7, 11) is 0. The Balaban J connectivity index is 1.39. The molecule has 1 atom stereocenters. The molecule has 2 aliphatic rings. The largest absolute Gasteiger partial charge is 0.368 e. The van der Waals surface area contributed by atoms with Gasteiger partial charge in [-0.15, -0.1) is 0 Å². The summed E-state index contributed by atoms with van der Waals surface area (Å²) in [6, 6.07) is 19.4. The van der Waals surface area contributed by atoms with E-state index in [-0.39, 0.29) is 30.7 Å². The fourth-order valence-corrected chi connectivity index (χ4v) is 4.16. The minimum Gasteiger partial charge on any atom is -0.368 e. The van der Waals surface area contributed by atoms with Crippen molar-refractivity contribution in [3.63, 3.8) is 0 Å². The average molecular weight is 391 g/mol. The average Bonchev–Trinajstić information content (AvgIpc) is 2.99. The standard InChI is InChI=1S/C23H25N3O3/c1-23(18-8-4-2-5-9-18)16-20(27)26(22(23)29)17-21(28)25-14-12-24(13-15-25)19-10-6-3-7-11-19/h2-11H,12-17H2,1H3. The number of nitrogens with zero attached hydrogens (tertiary/aromatic N) is 3. The molecule has 6 nitrogen and oxygen atoms in total. The summed E-state index contributed by atoms with van der Waals surface area (Å²) in [5.41, 5.74) is 1.05. The number of imide groups is 1. The lowest BCUT2D eigenvalue weighted by atomic mass is 9.81. The van der Waals surface area contributed by atoms with Crippen LogP contribution in [-0.2, 0) is 19.8 Å². The summed E-state index contributed by atoms with van der Waals surface area (Å²) >= 11 is 0. The van der Waals surface area contributed by atoms with Crippen molar-refractivity contribution in [3.8, 4) is 0 Å². The van der Waals surface area contributed by atoms with Gasteiger partial charge in [0.15, 0.2) is 0 Å². The zero-order valence-corrected chi connectivity index (χ0v) is 16.6. The van der Waals surface area contributed by atoms with E-state index in [1.807, 2.05) is 48.5 Å². The van der Waals surface area contributed by atoms with Crippen LogP contribution in [0, 0.1) is 0 Å². The number of hydrogen-bond donors (Lipinski definition) is 0. The molecule has 2 aromatic carbocycles. The van der Waals surface area contributed by atoms with Crippen molar-refractivity contribution in [1.82, 2.24) is 9.80 Å². The van der Waals surface area contributed by atoms with Crippen molar-refractivity contribution in [2.75, 3.05) is 37.6 Å². The van der Waals surface area contributed by atoms with E-state index in [4.69, 9.17) is 0 Å². The van der Waals surface area contributed by atoms with Crippen LogP contribution >= 0.6 is 0 Å². The fraction of sp³-hybridized carbons (Fsp3) is 0.348. The fourth-order valence-electron chi connectivity index (χ4n) is 4.16. The Morgan fingerprint density at radius 3 is 2.10 bits per heavy atom. The van der Waals surface area contributed by atoms with Crippen molar-refractivity contribution in [2.45, 2.75) is 18.8 Å². The molecule has 150 valence electrons. The van der Waals surface area contributed by atoms with E-state index in [1.165, 1.54) is 0 Å². The Morgan fingerprint density at radius 2 is 1.48 bits per heavy atom. The molecule has 0 spiro atoms. The van der Waals surface area contributed by atoms with Gasteiger partial charge in [-0.25, -0.2) is 0 Å². The van der Waals surface area contributed by atoms with Gasteiger partial charge in [0.05, 0.1) is 5.41 Å². The molecular formula is C23H25N3O3. The molecule has 0 N–H and O–H groups in total. The summed E-state index contributed by atoms with van der Waals surface area (Å²) in [4.78, 5) is 43.5. The molecular weight excluding hydrogens is 366 g/mol. The third-order valence-corrected chi connectivity index (χ3v) is 5.98. The molecule has 4 rings (SSSR count). The van der Waals surface area contributed by atoms with Crippen molar-refractivity contribution < 1.29 is 14.4 Å². The Bertz CT molecular complexity index is 907. The maximum absolute atomic E-state index is 13.0. The summed E-state index contributed by atoms with van der Waals surface area (Å²) in [6.07, 6.45) is 0.102. The number of anilines is 1. The highest BCUT2D eigenvalue weighted by Gasteiger charge is 2.49. The zero-order valence-electron chi connectivity index (χ0n) is 16.6. The van der Waals surface area contributed by atoms with E-state index in [9.17, 15) is 14.4 Å². The Kier molecular flexibility index (Phi) is 5.09.